The first kappa shape index (κ1) is 25.0. The van der Waals surface area contributed by atoms with Gasteiger partial charge in [-0.25, -0.2) is 9.50 Å². The van der Waals surface area contributed by atoms with Gasteiger partial charge in [-0.15, -0.1) is 24.8 Å². The topological polar surface area (TPSA) is 87.1 Å². The fourth-order valence-electron chi connectivity index (χ4n) is 5.43. The summed E-state index contributed by atoms with van der Waals surface area (Å²) >= 11 is 0. The average molecular weight is 511 g/mol. The second kappa shape index (κ2) is 9.86. The van der Waals surface area contributed by atoms with E-state index in [4.69, 9.17) is 4.98 Å². The molecule has 1 unspecified atom stereocenters. The lowest BCUT2D eigenvalue weighted by Gasteiger charge is -2.41. The monoisotopic (exact) mass is 510 g/mol. The molecule has 0 radical (unpaired) electrons. The Bertz CT molecular complexity index is 1360. The third-order valence-electron chi connectivity index (χ3n) is 7.06. The van der Waals surface area contributed by atoms with Crippen LogP contribution in [0.5, 0.6) is 0 Å². The van der Waals surface area contributed by atoms with Crippen LogP contribution in [0.25, 0.3) is 27.8 Å². The van der Waals surface area contributed by atoms with E-state index in [0.717, 1.165) is 53.2 Å². The lowest BCUT2D eigenvalue weighted by Crippen LogP contribution is -2.54. The van der Waals surface area contributed by atoms with Crippen LogP contribution in [-0.2, 0) is 7.05 Å². The number of piperidine rings is 1. The smallest absolute Gasteiger partial charge is 0.128 e. The van der Waals surface area contributed by atoms with Gasteiger partial charge in [-0.3, -0.25) is 4.68 Å². The molecule has 2 saturated heterocycles. The second-order valence-electron chi connectivity index (χ2n) is 9.25. The highest BCUT2D eigenvalue weighted by Crippen LogP contribution is 2.34. The molecule has 0 amide bonds. The fourth-order valence-corrected chi connectivity index (χ4v) is 5.43. The number of hydrogen-bond donors (Lipinski definition) is 1. The number of hydrogen-bond acceptors (Lipinski definition) is 6. The van der Waals surface area contributed by atoms with Gasteiger partial charge in [0.25, 0.3) is 0 Å². The van der Waals surface area contributed by atoms with Crippen LogP contribution in [0.1, 0.15) is 31.2 Å². The lowest BCUT2D eigenvalue weighted by atomic mass is 9.87. The minimum absolute atomic E-state index is 0. The Morgan fingerprint density at radius 2 is 1.86 bits per heavy atom. The maximum absolute atomic E-state index is 9.66. The molecule has 182 valence electrons. The zero-order valence-corrected chi connectivity index (χ0v) is 21.1. The van der Waals surface area contributed by atoms with Gasteiger partial charge in [0.05, 0.1) is 23.5 Å². The summed E-state index contributed by atoms with van der Waals surface area (Å²) < 4.78 is 3.56. The quantitative estimate of drug-likeness (QED) is 0.443. The molecule has 10 heteroatoms. The maximum Gasteiger partial charge on any atom is 0.128 e. The Labute approximate surface area is 216 Å². The molecule has 4 aromatic rings. The van der Waals surface area contributed by atoms with Crippen LogP contribution in [0.3, 0.4) is 0 Å². The molecule has 2 aliphatic heterocycles. The van der Waals surface area contributed by atoms with E-state index in [2.05, 4.69) is 44.7 Å². The van der Waals surface area contributed by atoms with Gasteiger partial charge in [0, 0.05) is 66.5 Å². The first-order valence-corrected chi connectivity index (χ1v) is 11.5. The Morgan fingerprint density at radius 1 is 1.00 bits per heavy atom. The van der Waals surface area contributed by atoms with Gasteiger partial charge in [-0.1, -0.05) is 0 Å². The first-order valence-electron chi connectivity index (χ1n) is 11.5. The van der Waals surface area contributed by atoms with Gasteiger partial charge in [-0.05, 0) is 50.4 Å². The molecule has 8 nitrogen and oxygen atoms in total. The van der Waals surface area contributed by atoms with Gasteiger partial charge in [0.1, 0.15) is 11.9 Å². The molecule has 6 heterocycles. The van der Waals surface area contributed by atoms with Gasteiger partial charge in [-0.2, -0.15) is 15.5 Å². The van der Waals surface area contributed by atoms with E-state index in [1.807, 2.05) is 31.8 Å². The van der Waals surface area contributed by atoms with Crippen LogP contribution >= 0.6 is 24.8 Å². The van der Waals surface area contributed by atoms with E-state index in [0.29, 0.717) is 5.56 Å². The van der Waals surface area contributed by atoms with Crippen molar-refractivity contribution in [1.29, 1.82) is 5.26 Å². The summed E-state index contributed by atoms with van der Waals surface area (Å²) in [5.41, 5.74) is 5.51. The molecule has 1 spiro atoms. The largest absolute Gasteiger partial charge is 0.355 e. The van der Waals surface area contributed by atoms with Crippen LogP contribution in [0.15, 0.2) is 49.2 Å². The standard InChI is InChI=1S/C25H26N8.2ClH/c1-31-15-21(14-29-31)19-10-22(24-20(11-26)13-30-33(24)16-19)18-4-5-23(27-12-18)32-9-3-7-25(17-32)6-2-8-28-25;;/h4-5,10,12-16,28H,2-3,6-9,17H2,1H3;2*1H. The van der Waals surface area contributed by atoms with Crippen molar-refractivity contribution in [3.63, 3.8) is 0 Å². The normalized spacial score (nSPS) is 19.4. The predicted molar refractivity (Wildman–Crippen MR) is 141 cm³/mol. The number of nitriles is 1. The Balaban J connectivity index is 0.00000144. The zero-order chi connectivity index (χ0) is 22.4. The van der Waals surface area contributed by atoms with Crippen molar-refractivity contribution in [2.75, 3.05) is 24.5 Å². The second-order valence-corrected chi connectivity index (χ2v) is 9.25. The summed E-state index contributed by atoms with van der Waals surface area (Å²) in [5.74, 6) is 1.01. The van der Waals surface area contributed by atoms with E-state index in [1.54, 1.807) is 15.4 Å². The summed E-state index contributed by atoms with van der Waals surface area (Å²) in [7, 11) is 1.90. The SMILES string of the molecule is Cl.Cl.Cn1cc(-c2cc(-c3ccc(N4CCCC5(CCCN5)C4)nc3)c3c(C#N)cnn3c2)cn1. The van der Waals surface area contributed by atoms with Crippen molar-refractivity contribution in [2.24, 2.45) is 7.05 Å². The summed E-state index contributed by atoms with van der Waals surface area (Å²) in [4.78, 5) is 7.27. The van der Waals surface area contributed by atoms with E-state index < -0.39 is 0 Å². The minimum Gasteiger partial charge on any atom is -0.355 e. The molecule has 2 fully saturated rings. The third kappa shape index (κ3) is 4.47. The number of fused-ring (bicyclic) bond motifs is 1. The molecule has 0 saturated carbocycles. The molecule has 0 aliphatic carbocycles. The van der Waals surface area contributed by atoms with E-state index in [-0.39, 0.29) is 30.4 Å². The van der Waals surface area contributed by atoms with Crippen molar-refractivity contribution >= 4 is 36.1 Å². The Hall–Kier alpha value is -3.12. The highest BCUT2D eigenvalue weighted by molar-refractivity contribution is 5.87. The van der Waals surface area contributed by atoms with Crippen LogP contribution in [0.4, 0.5) is 5.82 Å². The first-order chi connectivity index (χ1) is 16.1. The molecule has 1 atom stereocenters. The molecule has 4 aromatic heterocycles. The van der Waals surface area contributed by atoms with Crippen LogP contribution in [0, 0.1) is 11.3 Å². The fraction of sp³-hybridized carbons (Fsp3) is 0.360. The van der Waals surface area contributed by atoms with Crippen LogP contribution in [-0.4, -0.2) is 49.6 Å². The molecule has 2 aliphatic rings. The predicted octanol–water partition coefficient (Wildman–Crippen LogP) is 4.23. The zero-order valence-electron chi connectivity index (χ0n) is 19.5. The summed E-state index contributed by atoms with van der Waals surface area (Å²) in [6.07, 6.45) is 14.2. The average Bonchev–Trinajstić information content (AvgIpc) is 3.59. The van der Waals surface area contributed by atoms with Gasteiger partial charge in [0.15, 0.2) is 0 Å². The summed E-state index contributed by atoms with van der Waals surface area (Å²) in [6.45, 7) is 3.18. The number of halogens is 2. The van der Waals surface area contributed by atoms with Crippen molar-refractivity contribution in [1.82, 2.24) is 29.7 Å². The van der Waals surface area contributed by atoms with Gasteiger partial charge >= 0.3 is 0 Å². The summed E-state index contributed by atoms with van der Waals surface area (Å²) in [6, 6.07) is 8.60. The molecule has 6 rings (SSSR count). The molecular weight excluding hydrogens is 483 g/mol. The highest BCUT2D eigenvalue weighted by atomic mass is 35.5. The van der Waals surface area contributed by atoms with Crippen molar-refractivity contribution in [3.8, 4) is 28.3 Å². The van der Waals surface area contributed by atoms with Crippen molar-refractivity contribution in [2.45, 2.75) is 31.2 Å². The van der Waals surface area contributed by atoms with Gasteiger partial charge < -0.3 is 10.2 Å². The number of nitrogens with zero attached hydrogens (tertiary/aromatic N) is 7. The Morgan fingerprint density at radius 3 is 2.54 bits per heavy atom. The number of pyridine rings is 2. The van der Waals surface area contributed by atoms with Crippen molar-refractivity contribution in [3.05, 3.63) is 54.7 Å². The molecule has 35 heavy (non-hydrogen) atoms. The highest BCUT2D eigenvalue weighted by Gasteiger charge is 2.37. The van der Waals surface area contributed by atoms with Crippen molar-refractivity contribution < 1.29 is 0 Å². The molecule has 0 aromatic carbocycles. The molecule has 0 bridgehead atoms. The number of anilines is 1. The lowest BCUT2D eigenvalue weighted by molar-refractivity contribution is 0.307. The number of aryl methyl sites for hydroxylation is 1. The van der Waals surface area contributed by atoms with E-state index in [1.165, 1.54) is 25.7 Å². The molecular formula is C25H28Cl2N8. The van der Waals surface area contributed by atoms with E-state index in [9.17, 15) is 5.26 Å². The number of rotatable bonds is 3. The third-order valence-corrected chi connectivity index (χ3v) is 7.06. The van der Waals surface area contributed by atoms with E-state index >= 15 is 0 Å². The molecule has 1 N–H and O–H groups in total. The van der Waals surface area contributed by atoms with Gasteiger partial charge in [0.2, 0.25) is 0 Å². The number of nitrogens with one attached hydrogen (secondary N) is 1. The Kier molecular flexibility index (Phi) is 7.04. The van der Waals surface area contributed by atoms with Crippen LogP contribution < -0.4 is 10.2 Å². The number of aromatic nitrogens is 5. The summed E-state index contributed by atoms with van der Waals surface area (Å²) in [5, 5.41) is 22.1. The minimum atomic E-state index is 0. The van der Waals surface area contributed by atoms with Crippen LogP contribution in [0.2, 0.25) is 0 Å². The maximum atomic E-state index is 9.66.